The van der Waals surface area contributed by atoms with E-state index in [1.807, 2.05) is 12.1 Å². The van der Waals surface area contributed by atoms with Crippen molar-refractivity contribution >= 4 is 56.2 Å². The Hall–Kier alpha value is -2.16. The molecule has 1 aliphatic heterocycles. The van der Waals surface area contributed by atoms with Gasteiger partial charge < -0.3 is 0 Å². The van der Waals surface area contributed by atoms with Crippen LogP contribution in [-0.4, -0.2) is 20.7 Å². The lowest BCUT2D eigenvalue weighted by molar-refractivity contribution is 0.560. The minimum absolute atomic E-state index is 0.0809. The zero-order valence-corrected chi connectivity index (χ0v) is 19.6. The normalized spacial score (nSPS) is 16.3. The maximum atomic E-state index is 14.0. The second-order valence-corrected chi connectivity index (χ2v) is 10.1. The van der Waals surface area contributed by atoms with Crippen molar-refractivity contribution in [1.29, 1.82) is 0 Å². The van der Waals surface area contributed by atoms with Crippen LogP contribution in [0.2, 0.25) is 15.1 Å². The van der Waals surface area contributed by atoms with Crippen molar-refractivity contribution in [3.05, 3.63) is 93.2 Å². The monoisotopic (exact) mass is 511 g/mol. The number of halogens is 4. The molecule has 5 nitrogen and oxygen atoms in total. The van der Waals surface area contributed by atoms with E-state index in [4.69, 9.17) is 34.8 Å². The third kappa shape index (κ3) is 4.92. The van der Waals surface area contributed by atoms with Gasteiger partial charge in [-0.1, -0.05) is 59.1 Å². The Morgan fingerprint density at radius 1 is 1.00 bits per heavy atom. The van der Waals surface area contributed by atoms with Gasteiger partial charge in [0.15, 0.2) is 0 Å². The van der Waals surface area contributed by atoms with Crippen LogP contribution < -0.4 is 9.73 Å². The van der Waals surface area contributed by atoms with Gasteiger partial charge in [0.25, 0.3) is 0 Å². The molecule has 1 atom stereocenters. The maximum absolute atomic E-state index is 14.0. The van der Waals surface area contributed by atoms with Crippen LogP contribution in [0.15, 0.2) is 76.7 Å². The van der Waals surface area contributed by atoms with Crippen molar-refractivity contribution in [1.82, 2.24) is 4.72 Å². The first-order chi connectivity index (χ1) is 15.2. The fourth-order valence-corrected chi connectivity index (χ4v) is 5.15. The number of nitrogens with one attached hydrogen (secondary N) is 1. The summed E-state index contributed by atoms with van der Waals surface area (Å²) in [6, 6.07) is 17.4. The summed E-state index contributed by atoms with van der Waals surface area (Å²) in [4.78, 5) is -0.412. The lowest BCUT2D eigenvalue weighted by atomic mass is 10.0. The molecule has 0 amide bonds. The molecule has 0 fully saturated rings. The van der Waals surface area contributed by atoms with Crippen LogP contribution in [0.3, 0.4) is 0 Å². The number of rotatable bonds is 6. The first kappa shape index (κ1) is 23.0. The van der Waals surface area contributed by atoms with Crippen LogP contribution in [-0.2, 0) is 10.0 Å². The van der Waals surface area contributed by atoms with Gasteiger partial charge in [-0.05, 0) is 48.0 Å². The summed E-state index contributed by atoms with van der Waals surface area (Å²) in [6.07, 6.45) is 0.431. The van der Waals surface area contributed by atoms with E-state index in [0.717, 1.165) is 11.6 Å². The minimum Gasteiger partial charge on any atom is -0.256 e. The van der Waals surface area contributed by atoms with E-state index >= 15 is 0 Å². The van der Waals surface area contributed by atoms with Gasteiger partial charge in [-0.2, -0.15) is 5.10 Å². The van der Waals surface area contributed by atoms with Gasteiger partial charge in [0.2, 0.25) is 10.0 Å². The molecule has 0 aliphatic carbocycles. The molecule has 32 heavy (non-hydrogen) atoms. The van der Waals surface area contributed by atoms with E-state index in [1.54, 1.807) is 35.3 Å². The van der Waals surface area contributed by atoms with Gasteiger partial charge in [0.1, 0.15) is 10.7 Å². The molecule has 10 heteroatoms. The fourth-order valence-electron chi connectivity index (χ4n) is 3.43. The van der Waals surface area contributed by atoms with Crippen molar-refractivity contribution in [2.45, 2.75) is 17.4 Å². The lowest BCUT2D eigenvalue weighted by Crippen LogP contribution is -2.29. The molecule has 0 saturated carbocycles. The highest BCUT2D eigenvalue weighted by Gasteiger charge is 2.31. The topological polar surface area (TPSA) is 61.8 Å². The molecule has 166 valence electrons. The molecule has 1 heterocycles. The van der Waals surface area contributed by atoms with Crippen LogP contribution in [0.4, 0.5) is 10.1 Å². The number of anilines is 1. The molecular weight excluding hydrogens is 496 g/mol. The van der Waals surface area contributed by atoms with Crippen LogP contribution in [0.1, 0.15) is 18.0 Å². The average Bonchev–Trinajstić information content (AvgIpc) is 3.17. The SMILES string of the molecule is O=S(=O)(NCC1=NN(c2ccc(Cl)cc2Cl)[C@H](c2ccc(Cl)cc2)C1)c1ccccc1F. The third-order valence-corrected chi connectivity index (χ3v) is 7.20. The molecule has 0 aromatic heterocycles. The average molecular weight is 513 g/mol. The van der Waals surface area contributed by atoms with E-state index < -0.39 is 20.7 Å². The summed E-state index contributed by atoms with van der Waals surface area (Å²) in [6.45, 7) is -0.0809. The number of hydrogen-bond acceptors (Lipinski definition) is 4. The molecule has 1 N–H and O–H groups in total. The molecule has 0 spiro atoms. The predicted molar refractivity (Wildman–Crippen MR) is 127 cm³/mol. The highest BCUT2D eigenvalue weighted by atomic mass is 35.5. The summed E-state index contributed by atoms with van der Waals surface area (Å²) in [5.74, 6) is -0.818. The third-order valence-electron chi connectivity index (χ3n) is 4.98. The van der Waals surface area contributed by atoms with Gasteiger partial charge in [-0.3, -0.25) is 5.01 Å². The quantitative estimate of drug-likeness (QED) is 0.436. The van der Waals surface area contributed by atoms with Crippen molar-refractivity contribution < 1.29 is 12.8 Å². The zero-order chi connectivity index (χ0) is 22.9. The highest BCUT2D eigenvalue weighted by molar-refractivity contribution is 7.89. The number of sulfonamides is 1. The standard InChI is InChI=1S/C22H17Cl3FN3O2S/c23-15-7-5-14(6-8-15)21-12-17(28-29(21)20-10-9-16(24)11-18(20)25)13-27-32(30,31)22-4-2-1-3-19(22)26/h1-11,21,27H,12-13H2/t21-/m0/s1. The van der Waals surface area contributed by atoms with E-state index in [0.29, 0.717) is 32.9 Å². The molecule has 4 rings (SSSR count). The molecule has 0 radical (unpaired) electrons. The van der Waals surface area contributed by atoms with Gasteiger partial charge in [0.05, 0.1) is 29.0 Å². The number of hydrogen-bond donors (Lipinski definition) is 1. The van der Waals surface area contributed by atoms with E-state index in [-0.39, 0.29) is 12.6 Å². The molecule has 1 aliphatic rings. The maximum Gasteiger partial charge on any atom is 0.243 e. The highest BCUT2D eigenvalue weighted by Crippen LogP contribution is 2.39. The van der Waals surface area contributed by atoms with E-state index in [1.165, 1.54) is 18.2 Å². The smallest absolute Gasteiger partial charge is 0.243 e. The molecule has 0 unspecified atom stereocenters. The summed E-state index contributed by atoms with van der Waals surface area (Å²) >= 11 is 18.5. The zero-order valence-electron chi connectivity index (χ0n) is 16.5. The Bertz CT molecular complexity index is 1280. The van der Waals surface area contributed by atoms with Crippen molar-refractivity contribution in [3.8, 4) is 0 Å². The fraction of sp³-hybridized carbons (Fsp3) is 0.136. The Kier molecular flexibility index (Phi) is 6.74. The predicted octanol–water partition coefficient (Wildman–Crippen LogP) is 6.07. The van der Waals surface area contributed by atoms with Gasteiger partial charge in [-0.25, -0.2) is 17.5 Å². The molecule has 0 saturated heterocycles. The summed E-state index contributed by atoms with van der Waals surface area (Å²) in [5.41, 5.74) is 2.12. The Morgan fingerprint density at radius 3 is 2.38 bits per heavy atom. The van der Waals surface area contributed by atoms with Crippen molar-refractivity contribution in [3.63, 3.8) is 0 Å². The number of benzene rings is 3. The van der Waals surface area contributed by atoms with Gasteiger partial charge in [0, 0.05) is 16.5 Å². The van der Waals surface area contributed by atoms with Crippen LogP contribution in [0, 0.1) is 5.82 Å². The van der Waals surface area contributed by atoms with Crippen LogP contribution >= 0.6 is 34.8 Å². The molecular formula is C22H17Cl3FN3O2S. The number of hydrazone groups is 1. The van der Waals surface area contributed by atoms with Gasteiger partial charge >= 0.3 is 0 Å². The first-order valence-electron chi connectivity index (χ1n) is 9.55. The van der Waals surface area contributed by atoms with Crippen molar-refractivity contribution in [2.24, 2.45) is 5.10 Å². The lowest BCUT2D eigenvalue weighted by Gasteiger charge is -2.25. The number of nitrogens with zero attached hydrogens (tertiary/aromatic N) is 2. The van der Waals surface area contributed by atoms with Crippen LogP contribution in [0.25, 0.3) is 0 Å². The molecule has 0 bridgehead atoms. The summed E-state index contributed by atoms with van der Waals surface area (Å²) in [5, 5.41) is 7.85. The molecule has 3 aromatic rings. The Morgan fingerprint density at radius 2 is 1.69 bits per heavy atom. The first-order valence-corrected chi connectivity index (χ1v) is 12.2. The van der Waals surface area contributed by atoms with Crippen LogP contribution in [0.5, 0.6) is 0 Å². The second-order valence-electron chi connectivity index (χ2n) is 7.13. The van der Waals surface area contributed by atoms with Gasteiger partial charge in [-0.15, -0.1) is 0 Å². The molecule has 3 aromatic carbocycles. The minimum atomic E-state index is -4.05. The van der Waals surface area contributed by atoms with Crippen molar-refractivity contribution in [2.75, 3.05) is 11.6 Å². The van der Waals surface area contributed by atoms with E-state index in [9.17, 15) is 12.8 Å². The second kappa shape index (κ2) is 9.37. The van der Waals surface area contributed by atoms with E-state index in [2.05, 4.69) is 9.82 Å². The summed E-state index contributed by atoms with van der Waals surface area (Å²) in [7, 11) is -4.05. The Labute approximate surface area is 200 Å². The summed E-state index contributed by atoms with van der Waals surface area (Å²) < 4.78 is 41.5. The largest absolute Gasteiger partial charge is 0.256 e. The Balaban J connectivity index is 1.62.